The topological polar surface area (TPSA) is 86.8 Å². The highest BCUT2D eigenvalue weighted by molar-refractivity contribution is 9.10. The molecule has 9 heteroatoms. The van der Waals surface area contributed by atoms with Crippen LogP contribution in [0.3, 0.4) is 0 Å². The fraction of sp³-hybridized carbons (Fsp3) is 0.259. The van der Waals surface area contributed by atoms with E-state index in [0.29, 0.717) is 12.1 Å². The van der Waals surface area contributed by atoms with Crippen LogP contribution in [0.15, 0.2) is 88.2 Å². The number of sulfonamides is 1. The predicted octanol–water partition coefficient (Wildman–Crippen LogP) is 4.51. The lowest BCUT2D eigenvalue weighted by Gasteiger charge is -2.33. The van der Waals surface area contributed by atoms with E-state index >= 15 is 0 Å². The van der Waals surface area contributed by atoms with Crippen molar-refractivity contribution in [2.24, 2.45) is 0 Å². The maximum atomic E-state index is 13.8. The summed E-state index contributed by atoms with van der Waals surface area (Å²) in [5.74, 6) is -0.785. The third-order valence-corrected chi connectivity index (χ3v) is 8.15. The van der Waals surface area contributed by atoms with E-state index in [4.69, 9.17) is 0 Å². The number of nitrogens with zero attached hydrogens (tertiary/aromatic N) is 2. The summed E-state index contributed by atoms with van der Waals surface area (Å²) in [6, 6.07) is 21.6. The van der Waals surface area contributed by atoms with Gasteiger partial charge in [0.15, 0.2) is 0 Å². The molecule has 2 amide bonds. The molecule has 7 nitrogen and oxygen atoms in total. The molecule has 3 rings (SSSR count). The number of benzene rings is 3. The van der Waals surface area contributed by atoms with Crippen molar-refractivity contribution in [1.82, 2.24) is 10.2 Å². The summed E-state index contributed by atoms with van der Waals surface area (Å²) in [5, 5.41) is 2.62. The average Bonchev–Trinajstić information content (AvgIpc) is 2.89. The number of likely N-dealkylation sites (N-methyl/N-ethyl adjacent to an activating group) is 1. The van der Waals surface area contributed by atoms with Crippen molar-refractivity contribution < 1.29 is 18.0 Å². The third-order valence-electron chi connectivity index (χ3n) is 5.83. The monoisotopic (exact) mass is 571 g/mol. The van der Waals surface area contributed by atoms with Gasteiger partial charge >= 0.3 is 0 Å². The van der Waals surface area contributed by atoms with Crippen LogP contribution in [0.25, 0.3) is 0 Å². The van der Waals surface area contributed by atoms with Crippen LogP contribution >= 0.6 is 15.9 Å². The molecule has 0 aliphatic carbocycles. The summed E-state index contributed by atoms with van der Waals surface area (Å²) in [6.45, 7) is 3.50. The molecular weight excluding hydrogens is 542 g/mol. The van der Waals surface area contributed by atoms with Gasteiger partial charge in [-0.2, -0.15) is 0 Å². The second kappa shape index (κ2) is 12.2. The molecule has 3 aromatic carbocycles. The van der Waals surface area contributed by atoms with E-state index < -0.39 is 28.5 Å². The van der Waals surface area contributed by atoms with Crippen molar-refractivity contribution in [2.45, 2.75) is 37.8 Å². The van der Waals surface area contributed by atoms with Gasteiger partial charge in [-0.25, -0.2) is 8.42 Å². The predicted molar refractivity (Wildman–Crippen MR) is 145 cm³/mol. The molecular formula is C27H30BrN3O4S. The molecule has 1 N–H and O–H groups in total. The van der Waals surface area contributed by atoms with Gasteiger partial charge in [-0.1, -0.05) is 70.9 Å². The zero-order valence-electron chi connectivity index (χ0n) is 20.5. The minimum absolute atomic E-state index is 0.0733. The summed E-state index contributed by atoms with van der Waals surface area (Å²) < 4.78 is 29.2. The van der Waals surface area contributed by atoms with Crippen molar-refractivity contribution in [3.05, 3.63) is 94.5 Å². The normalized spacial score (nSPS) is 12.0. The first-order chi connectivity index (χ1) is 17.2. The standard InChI is InChI=1S/C27H30BrN3O4S/c1-4-25(27(33)29-3)30(18-21-12-10-20(2)11-13-21)26(32)19-31(23-16-14-22(28)15-17-23)36(34,35)24-8-6-5-7-9-24/h5-17,25H,4,18-19H2,1-3H3,(H,29,33)/t25-/m1/s1. The molecule has 3 aromatic rings. The highest BCUT2D eigenvalue weighted by Crippen LogP contribution is 2.26. The number of aryl methyl sites for hydroxylation is 1. The number of nitrogens with one attached hydrogen (secondary N) is 1. The van der Waals surface area contributed by atoms with Crippen molar-refractivity contribution >= 4 is 43.5 Å². The van der Waals surface area contributed by atoms with Gasteiger partial charge in [0.1, 0.15) is 12.6 Å². The minimum Gasteiger partial charge on any atom is -0.357 e. The first-order valence-electron chi connectivity index (χ1n) is 11.6. The van der Waals surface area contributed by atoms with Crippen LogP contribution in [0.5, 0.6) is 0 Å². The Labute approximate surface area is 221 Å². The number of rotatable bonds is 10. The number of halogens is 1. The summed E-state index contributed by atoms with van der Waals surface area (Å²) >= 11 is 3.37. The second-order valence-corrected chi connectivity index (χ2v) is 11.1. The molecule has 0 fully saturated rings. The van der Waals surface area contributed by atoms with E-state index in [0.717, 1.165) is 19.9 Å². The van der Waals surface area contributed by atoms with Crippen molar-refractivity contribution in [1.29, 1.82) is 0 Å². The van der Waals surface area contributed by atoms with E-state index in [9.17, 15) is 18.0 Å². The Bertz CT molecular complexity index is 1280. The molecule has 190 valence electrons. The first kappa shape index (κ1) is 27.4. The molecule has 0 aliphatic rings. The zero-order valence-corrected chi connectivity index (χ0v) is 22.9. The van der Waals surface area contributed by atoms with Crippen molar-refractivity contribution in [2.75, 3.05) is 17.9 Å². The average molecular weight is 573 g/mol. The Morgan fingerprint density at radius 2 is 1.56 bits per heavy atom. The quantitative estimate of drug-likeness (QED) is 0.388. The largest absolute Gasteiger partial charge is 0.357 e. The summed E-state index contributed by atoms with van der Waals surface area (Å²) in [4.78, 5) is 28.0. The molecule has 0 radical (unpaired) electrons. The summed E-state index contributed by atoms with van der Waals surface area (Å²) in [7, 11) is -2.54. The number of carbonyl (C=O) groups excluding carboxylic acids is 2. The van der Waals surface area contributed by atoms with Crippen LogP contribution in [0.1, 0.15) is 24.5 Å². The molecule has 0 heterocycles. The highest BCUT2D eigenvalue weighted by atomic mass is 79.9. The maximum absolute atomic E-state index is 13.8. The number of hydrogen-bond acceptors (Lipinski definition) is 4. The minimum atomic E-state index is -4.06. The van der Waals surface area contributed by atoms with E-state index in [1.165, 1.54) is 24.1 Å². The lowest BCUT2D eigenvalue weighted by atomic mass is 10.1. The molecule has 0 spiro atoms. The van der Waals surface area contributed by atoms with Crippen LogP contribution in [-0.4, -0.2) is 44.8 Å². The van der Waals surface area contributed by atoms with Gasteiger partial charge in [0, 0.05) is 18.1 Å². The van der Waals surface area contributed by atoms with Gasteiger partial charge in [0.05, 0.1) is 10.6 Å². The van der Waals surface area contributed by atoms with Crippen molar-refractivity contribution in [3.8, 4) is 0 Å². The van der Waals surface area contributed by atoms with Gasteiger partial charge in [-0.3, -0.25) is 13.9 Å². The van der Waals surface area contributed by atoms with Gasteiger partial charge in [0.2, 0.25) is 11.8 Å². The van der Waals surface area contributed by atoms with E-state index in [1.54, 1.807) is 42.5 Å². The SMILES string of the molecule is CC[C@H](C(=O)NC)N(Cc1ccc(C)cc1)C(=O)CN(c1ccc(Br)cc1)S(=O)(=O)c1ccccc1. The molecule has 0 aromatic heterocycles. The smallest absolute Gasteiger partial charge is 0.264 e. The van der Waals surface area contributed by atoms with Crippen molar-refractivity contribution in [3.63, 3.8) is 0 Å². The van der Waals surface area contributed by atoms with Gasteiger partial charge < -0.3 is 10.2 Å². The van der Waals surface area contributed by atoms with Crippen LogP contribution in [0, 0.1) is 6.92 Å². The Balaban J connectivity index is 2.03. The molecule has 36 heavy (non-hydrogen) atoms. The number of amides is 2. The number of anilines is 1. The van der Waals surface area contributed by atoms with Gasteiger partial charge in [-0.15, -0.1) is 0 Å². The Hall–Kier alpha value is -3.17. The van der Waals surface area contributed by atoms with Gasteiger partial charge in [-0.05, 0) is 55.3 Å². The van der Waals surface area contributed by atoms with Gasteiger partial charge in [0.25, 0.3) is 10.0 Å². The molecule has 1 atom stereocenters. The van der Waals surface area contributed by atoms with E-state index in [-0.39, 0.29) is 17.3 Å². The van der Waals surface area contributed by atoms with Crippen LogP contribution in [-0.2, 0) is 26.2 Å². The lowest BCUT2D eigenvalue weighted by molar-refractivity contribution is -0.140. The van der Waals surface area contributed by atoms with Crippen LogP contribution < -0.4 is 9.62 Å². The Morgan fingerprint density at radius 3 is 2.11 bits per heavy atom. The Morgan fingerprint density at radius 1 is 0.944 bits per heavy atom. The Kier molecular flexibility index (Phi) is 9.28. The number of hydrogen-bond donors (Lipinski definition) is 1. The molecule has 0 aliphatic heterocycles. The van der Waals surface area contributed by atoms with E-state index in [1.807, 2.05) is 38.1 Å². The summed E-state index contributed by atoms with van der Waals surface area (Å²) in [6.07, 6.45) is 0.376. The van der Waals surface area contributed by atoms with E-state index in [2.05, 4.69) is 21.2 Å². The fourth-order valence-electron chi connectivity index (χ4n) is 3.83. The summed E-state index contributed by atoms with van der Waals surface area (Å²) in [5.41, 5.74) is 2.27. The fourth-order valence-corrected chi connectivity index (χ4v) is 5.53. The van der Waals surface area contributed by atoms with Crippen LogP contribution in [0.2, 0.25) is 0 Å². The highest BCUT2D eigenvalue weighted by Gasteiger charge is 2.33. The number of carbonyl (C=O) groups is 2. The lowest BCUT2D eigenvalue weighted by Crippen LogP contribution is -2.51. The molecule has 0 saturated carbocycles. The molecule has 0 saturated heterocycles. The first-order valence-corrected chi connectivity index (χ1v) is 13.8. The van der Waals surface area contributed by atoms with Crippen LogP contribution in [0.4, 0.5) is 5.69 Å². The third kappa shape index (κ3) is 6.53. The second-order valence-electron chi connectivity index (χ2n) is 8.35. The zero-order chi connectivity index (χ0) is 26.3. The molecule has 0 unspecified atom stereocenters. The molecule has 0 bridgehead atoms. The maximum Gasteiger partial charge on any atom is 0.264 e.